The molecule has 1 aromatic carbocycles. The molecule has 0 heterocycles. The van der Waals surface area contributed by atoms with Crippen molar-refractivity contribution in [2.45, 2.75) is 30.2 Å². The molecule has 1 aliphatic rings. The van der Waals surface area contributed by atoms with E-state index in [2.05, 4.69) is 5.32 Å². The van der Waals surface area contributed by atoms with Gasteiger partial charge in [-0.05, 0) is 19.9 Å². The second kappa shape index (κ2) is 5.67. The summed E-state index contributed by atoms with van der Waals surface area (Å²) in [7, 11) is 1.89. The van der Waals surface area contributed by atoms with E-state index in [0.29, 0.717) is 11.6 Å². The highest BCUT2D eigenvalue weighted by molar-refractivity contribution is 8.14. The van der Waals surface area contributed by atoms with Crippen molar-refractivity contribution in [2.24, 2.45) is 0 Å². The average Bonchev–Trinajstić information content (AvgIpc) is 2.71. The van der Waals surface area contributed by atoms with Crippen LogP contribution in [0.2, 0.25) is 0 Å². The lowest BCUT2D eigenvalue weighted by molar-refractivity contribution is 0.108. The van der Waals surface area contributed by atoms with Gasteiger partial charge < -0.3 is 10.4 Å². The molecule has 0 radical (unpaired) electrons. The maximum Gasteiger partial charge on any atom is 0.219 e. The molecule has 0 spiro atoms. The number of aliphatic hydroxyl groups is 1. The van der Waals surface area contributed by atoms with Crippen LogP contribution in [0.5, 0.6) is 0 Å². The van der Waals surface area contributed by atoms with E-state index in [0.717, 1.165) is 12.8 Å². The van der Waals surface area contributed by atoms with Crippen molar-refractivity contribution in [2.75, 3.05) is 7.05 Å². The highest BCUT2D eigenvalue weighted by Crippen LogP contribution is 2.32. The molecule has 0 unspecified atom stereocenters. The number of benzene rings is 1. The van der Waals surface area contributed by atoms with Crippen LogP contribution < -0.4 is 5.32 Å². The van der Waals surface area contributed by atoms with Crippen molar-refractivity contribution in [3.63, 3.8) is 0 Å². The third-order valence-electron chi connectivity index (χ3n) is 3.15. The largest absolute Gasteiger partial charge is 0.392 e. The topological polar surface area (TPSA) is 49.3 Å². The van der Waals surface area contributed by atoms with E-state index in [9.17, 15) is 9.90 Å². The lowest BCUT2D eigenvalue weighted by Crippen LogP contribution is -2.22. The first kappa shape index (κ1) is 12.6. The molecule has 4 heteroatoms. The van der Waals surface area contributed by atoms with Crippen LogP contribution in [0.3, 0.4) is 0 Å². The zero-order chi connectivity index (χ0) is 12.3. The number of carbonyl (C=O) groups is 1. The molecule has 0 bridgehead atoms. The molecule has 2 N–H and O–H groups in total. The predicted octanol–water partition coefficient (Wildman–Crippen LogP) is 1.67. The Morgan fingerprint density at radius 1 is 1.35 bits per heavy atom. The average molecular weight is 251 g/mol. The van der Waals surface area contributed by atoms with Gasteiger partial charge in [-0.15, -0.1) is 0 Å². The molecular formula is C13H17NO2S. The zero-order valence-corrected chi connectivity index (χ0v) is 10.6. The standard InChI is InChI=1S/C13H17NO2S/c1-14-10-7-11(15)12(8-10)17-13(16)9-5-3-2-4-6-9/h2-6,10-12,14-15H,7-8H2,1H3/t10-,11-,12-/m0/s1. The van der Waals surface area contributed by atoms with E-state index in [1.807, 2.05) is 37.4 Å². The lowest BCUT2D eigenvalue weighted by atomic mass is 10.2. The van der Waals surface area contributed by atoms with Crippen molar-refractivity contribution in [3.05, 3.63) is 35.9 Å². The van der Waals surface area contributed by atoms with Gasteiger partial charge in [-0.3, -0.25) is 4.79 Å². The Morgan fingerprint density at radius 2 is 2.06 bits per heavy atom. The molecule has 1 aliphatic carbocycles. The number of hydrogen-bond donors (Lipinski definition) is 2. The number of nitrogens with one attached hydrogen (secondary N) is 1. The van der Waals surface area contributed by atoms with Gasteiger partial charge in [0.15, 0.2) is 0 Å². The fourth-order valence-corrected chi connectivity index (χ4v) is 3.26. The van der Waals surface area contributed by atoms with Crippen LogP contribution in [0.1, 0.15) is 23.2 Å². The molecule has 1 fully saturated rings. The van der Waals surface area contributed by atoms with Crippen LogP contribution in [0.15, 0.2) is 30.3 Å². The third kappa shape index (κ3) is 3.09. The second-order valence-corrected chi connectivity index (χ2v) is 5.55. The minimum Gasteiger partial charge on any atom is -0.392 e. The van der Waals surface area contributed by atoms with E-state index in [1.54, 1.807) is 0 Å². The van der Waals surface area contributed by atoms with E-state index in [1.165, 1.54) is 11.8 Å². The molecule has 17 heavy (non-hydrogen) atoms. The van der Waals surface area contributed by atoms with Crippen molar-refractivity contribution in [1.82, 2.24) is 5.32 Å². The van der Waals surface area contributed by atoms with Crippen molar-refractivity contribution in [1.29, 1.82) is 0 Å². The summed E-state index contributed by atoms with van der Waals surface area (Å²) in [6, 6.07) is 9.55. The molecule has 92 valence electrons. The Bertz CT molecular complexity index is 382. The molecule has 3 atom stereocenters. The molecule has 0 amide bonds. The highest BCUT2D eigenvalue weighted by Gasteiger charge is 2.34. The molecule has 0 saturated heterocycles. The minimum atomic E-state index is -0.384. The van der Waals surface area contributed by atoms with Crippen LogP contribution in [-0.4, -0.2) is 34.7 Å². The maximum absolute atomic E-state index is 12.0. The summed E-state index contributed by atoms with van der Waals surface area (Å²) >= 11 is 1.26. The first-order chi connectivity index (χ1) is 8.20. The summed E-state index contributed by atoms with van der Waals surface area (Å²) in [6.07, 6.45) is 1.20. The quantitative estimate of drug-likeness (QED) is 0.858. The molecule has 0 aliphatic heterocycles. The molecule has 3 nitrogen and oxygen atoms in total. The number of rotatable bonds is 3. The second-order valence-electron chi connectivity index (χ2n) is 4.33. The molecule has 0 aromatic heterocycles. The van der Waals surface area contributed by atoms with Gasteiger partial charge in [0, 0.05) is 16.9 Å². The summed E-state index contributed by atoms with van der Waals surface area (Å²) in [5, 5.41) is 13.1. The Hall–Kier alpha value is -0.840. The van der Waals surface area contributed by atoms with Gasteiger partial charge in [0.1, 0.15) is 0 Å². The fraction of sp³-hybridized carbons (Fsp3) is 0.462. The molecular weight excluding hydrogens is 234 g/mol. The Kier molecular flexibility index (Phi) is 4.20. The van der Waals surface area contributed by atoms with Crippen LogP contribution >= 0.6 is 11.8 Å². The molecule has 2 rings (SSSR count). The normalized spacial score (nSPS) is 28.2. The van der Waals surface area contributed by atoms with E-state index in [4.69, 9.17) is 0 Å². The van der Waals surface area contributed by atoms with Crippen molar-refractivity contribution >= 4 is 16.9 Å². The Morgan fingerprint density at radius 3 is 2.65 bits per heavy atom. The van der Waals surface area contributed by atoms with Crippen LogP contribution in [0.25, 0.3) is 0 Å². The first-order valence-corrected chi connectivity index (χ1v) is 6.70. The van der Waals surface area contributed by atoms with Gasteiger partial charge in [0.25, 0.3) is 0 Å². The predicted molar refractivity (Wildman–Crippen MR) is 70.2 cm³/mol. The lowest BCUT2D eigenvalue weighted by Gasteiger charge is -2.12. The van der Waals surface area contributed by atoms with Crippen LogP contribution in [0, 0.1) is 0 Å². The Labute approximate surface area is 106 Å². The summed E-state index contributed by atoms with van der Waals surface area (Å²) in [6.45, 7) is 0. The number of carbonyl (C=O) groups excluding carboxylic acids is 1. The minimum absolute atomic E-state index is 0.0140. The summed E-state index contributed by atoms with van der Waals surface area (Å²) in [5.41, 5.74) is 0.706. The smallest absolute Gasteiger partial charge is 0.219 e. The van der Waals surface area contributed by atoms with Crippen LogP contribution in [0.4, 0.5) is 0 Å². The number of hydrogen-bond acceptors (Lipinski definition) is 4. The molecule has 1 aromatic rings. The van der Waals surface area contributed by atoms with Crippen molar-refractivity contribution < 1.29 is 9.90 Å². The van der Waals surface area contributed by atoms with Crippen molar-refractivity contribution in [3.8, 4) is 0 Å². The monoisotopic (exact) mass is 251 g/mol. The maximum atomic E-state index is 12.0. The van der Waals surface area contributed by atoms with Gasteiger partial charge in [-0.2, -0.15) is 0 Å². The Balaban J connectivity index is 1.96. The van der Waals surface area contributed by atoms with E-state index in [-0.39, 0.29) is 16.5 Å². The van der Waals surface area contributed by atoms with E-state index >= 15 is 0 Å². The highest BCUT2D eigenvalue weighted by atomic mass is 32.2. The first-order valence-electron chi connectivity index (χ1n) is 5.82. The fourth-order valence-electron chi connectivity index (χ4n) is 2.12. The van der Waals surface area contributed by atoms with Crippen LogP contribution in [-0.2, 0) is 0 Å². The van der Waals surface area contributed by atoms with Gasteiger partial charge in [0.2, 0.25) is 5.12 Å². The summed E-state index contributed by atoms with van der Waals surface area (Å²) < 4.78 is 0. The number of aliphatic hydroxyl groups excluding tert-OH is 1. The molecule has 1 saturated carbocycles. The summed E-state index contributed by atoms with van der Waals surface area (Å²) in [4.78, 5) is 12.0. The SMILES string of the molecule is CN[C@@H]1C[C@H](SC(=O)c2ccccc2)[C@@H](O)C1. The van der Waals surface area contributed by atoms with Gasteiger partial charge >= 0.3 is 0 Å². The summed E-state index contributed by atoms with van der Waals surface area (Å²) in [5.74, 6) is 0. The van der Waals surface area contributed by atoms with Gasteiger partial charge in [-0.25, -0.2) is 0 Å². The van der Waals surface area contributed by atoms with Gasteiger partial charge in [-0.1, -0.05) is 42.1 Å². The third-order valence-corrected chi connectivity index (χ3v) is 4.41. The zero-order valence-electron chi connectivity index (χ0n) is 9.80. The van der Waals surface area contributed by atoms with Gasteiger partial charge in [0.05, 0.1) is 6.10 Å². The van der Waals surface area contributed by atoms with E-state index < -0.39 is 0 Å². The number of thioether (sulfide) groups is 1.